The van der Waals surface area contributed by atoms with Crippen LogP contribution in [0.15, 0.2) is 24.3 Å². The van der Waals surface area contributed by atoms with Crippen LogP contribution in [-0.4, -0.2) is 26.4 Å². The van der Waals surface area contributed by atoms with Crippen molar-refractivity contribution in [2.45, 2.75) is 19.1 Å². The van der Waals surface area contributed by atoms with E-state index in [-0.39, 0.29) is 0 Å². The van der Waals surface area contributed by atoms with Gasteiger partial charge in [0.15, 0.2) is 0 Å². The van der Waals surface area contributed by atoms with Crippen LogP contribution in [-0.2, 0) is 16.1 Å². The van der Waals surface area contributed by atoms with Gasteiger partial charge in [0.2, 0.25) is 0 Å². The summed E-state index contributed by atoms with van der Waals surface area (Å²) >= 11 is 0. The third-order valence-electron chi connectivity index (χ3n) is 2.61. The number of nitrogens with one attached hydrogen (secondary N) is 1. The zero-order chi connectivity index (χ0) is 10.5. The molecule has 1 aliphatic rings. The molecule has 0 amide bonds. The largest absolute Gasteiger partial charge is 0.380 e. The summed E-state index contributed by atoms with van der Waals surface area (Å²) in [6.07, 6.45) is 1.08. The third-order valence-corrected chi connectivity index (χ3v) is 2.61. The zero-order valence-corrected chi connectivity index (χ0v) is 9.03. The van der Waals surface area contributed by atoms with Crippen molar-refractivity contribution in [2.75, 3.05) is 25.6 Å². The minimum atomic E-state index is 0.447. The predicted molar refractivity (Wildman–Crippen MR) is 60.0 cm³/mol. The first kappa shape index (κ1) is 10.5. The van der Waals surface area contributed by atoms with Crippen molar-refractivity contribution < 1.29 is 9.47 Å². The SMILES string of the molecule is COCc1ccccc1NC1CCOC1. The molecule has 15 heavy (non-hydrogen) atoms. The van der Waals surface area contributed by atoms with Gasteiger partial charge in [0.25, 0.3) is 0 Å². The molecule has 1 aromatic rings. The Morgan fingerprint density at radius 2 is 2.33 bits per heavy atom. The molecule has 0 aliphatic carbocycles. The van der Waals surface area contributed by atoms with Crippen molar-refractivity contribution in [1.82, 2.24) is 0 Å². The van der Waals surface area contributed by atoms with Crippen LogP contribution >= 0.6 is 0 Å². The molecule has 3 nitrogen and oxygen atoms in total. The molecule has 1 heterocycles. The highest BCUT2D eigenvalue weighted by atomic mass is 16.5. The summed E-state index contributed by atoms with van der Waals surface area (Å²) in [5.74, 6) is 0. The van der Waals surface area contributed by atoms with Crippen molar-refractivity contribution in [1.29, 1.82) is 0 Å². The third kappa shape index (κ3) is 2.70. The summed E-state index contributed by atoms with van der Waals surface area (Å²) in [4.78, 5) is 0. The fourth-order valence-corrected chi connectivity index (χ4v) is 1.81. The van der Waals surface area contributed by atoms with Crippen LogP contribution in [0.5, 0.6) is 0 Å². The number of anilines is 1. The van der Waals surface area contributed by atoms with Crippen LogP contribution < -0.4 is 5.32 Å². The van der Waals surface area contributed by atoms with Gasteiger partial charge in [-0.3, -0.25) is 0 Å². The molecule has 82 valence electrons. The quantitative estimate of drug-likeness (QED) is 0.819. The molecule has 1 atom stereocenters. The number of methoxy groups -OCH3 is 1. The summed E-state index contributed by atoms with van der Waals surface area (Å²) in [5, 5.41) is 3.49. The Hall–Kier alpha value is -1.06. The van der Waals surface area contributed by atoms with Crippen molar-refractivity contribution in [3.8, 4) is 0 Å². The smallest absolute Gasteiger partial charge is 0.0733 e. The number of ether oxygens (including phenoxy) is 2. The van der Waals surface area contributed by atoms with Gasteiger partial charge in [0.1, 0.15) is 0 Å². The summed E-state index contributed by atoms with van der Waals surface area (Å²) in [6, 6.07) is 8.69. The molecule has 1 aromatic carbocycles. The first-order valence-electron chi connectivity index (χ1n) is 5.31. The lowest BCUT2D eigenvalue weighted by molar-refractivity contribution is 0.185. The summed E-state index contributed by atoms with van der Waals surface area (Å²) in [7, 11) is 1.72. The van der Waals surface area contributed by atoms with E-state index in [1.807, 2.05) is 12.1 Å². The van der Waals surface area contributed by atoms with E-state index in [1.54, 1.807) is 7.11 Å². The Bertz CT molecular complexity index is 308. The molecule has 0 spiro atoms. The first-order chi connectivity index (χ1) is 7.40. The van der Waals surface area contributed by atoms with Gasteiger partial charge < -0.3 is 14.8 Å². The fourth-order valence-electron chi connectivity index (χ4n) is 1.81. The zero-order valence-electron chi connectivity index (χ0n) is 9.03. The molecular formula is C12H17NO2. The van der Waals surface area contributed by atoms with E-state index in [0.717, 1.165) is 25.3 Å². The van der Waals surface area contributed by atoms with Gasteiger partial charge in [-0.25, -0.2) is 0 Å². The van der Waals surface area contributed by atoms with E-state index in [4.69, 9.17) is 9.47 Å². The number of benzene rings is 1. The van der Waals surface area contributed by atoms with E-state index in [2.05, 4.69) is 17.4 Å². The summed E-state index contributed by atoms with van der Waals surface area (Å²) in [5.41, 5.74) is 2.36. The van der Waals surface area contributed by atoms with Crippen LogP contribution in [0.3, 0.4) is 0 Å². The molecule has 1 unspecified atom stereocenters. The maximum Gasteiger partial charge on any atom is 0.0733 e. The highest BCUT2D eigenvalue weighted by Crippen LogP contribution is 2.19. The maximum absolute atomic E-state index is 5.34. The van der Waals surface area contributed by atoms with Crippen molar-refractivity contribution in [2.24, 2.45) is 0 Å². The minimum Gasteiger partial charge on any atom is -0.380 e. The van der Waals surface area contributed by atoms with Crippen LogP contribution in [0.1, 0.15) is 12.0 Å². The van der Waals surface area contributed by atoms with E-state index < -0.39 is 0 Å². The average Bonchev–Trinajstić information content (AvgIpc) is 2.74. The second-order valence-corrected chi connectivity index (χ2v) is 3.80. The van der Waals surface area contributed by atoms with Crippen LogP contribution in [0.4, 0.5) is 5.69 Å². The molecule has 1 saturated heterocycles. The van der Waals surface area contributed by atoms with Gasteiger partial charge in [-0.15, -0.1) is 0 Å². The van der Waals surface area contributed by atoms with Gasteiger partial charge >= 0.3 is 0 Å². The Morgan fingerprint density at radius 1 is 1.47 bits per heavy atom. The lowest BCUT2D eigenvalue weighted by Gasteiger charge is -2.15. The highest BCUT2D eigenvalue weighted by Gasteiger charge is 2.15. The average molecular weight is 207 g/mol. The van der Waals surface area contributed by atoms with Crippen LogP contribution in [0, 0.1) is 0 Å². The number of para-hydroxylation sites is 1. The molecule has 0 saturated carbocycles. The first-order valence-corrected chi connectivity index (χ1v) is 5.31. The monoisotopic (exact) mass is 207 g/mol. The number of rotatable bonds is 4. The molecule has 3 heteroatoms. The topological polar surface area (TPSA) is 30.5 Å². The number of hydrogen-bond donors (Lipinski definition) is 1. The lowest BCUT2D eigenvalue weighted by atomic mass is 10.1. The summed E-state index contributed by atoms with van der Waals surface area (Å²) < 4.78 is 10.5. The molecule has 0 bridgehead atoms. The molecule has 1 aliphatic heterocycles. The fraction of sp³-hybridized carbons (Fsp3) is 0.500. The van der Waals surface area contributed by atoms with Gasteiger partial charge in [-0.2, -0.15) is 0 Å². The minimum absolute atomic E-state index is 0.447. The predicted octanol–water partition coefficient (Wildman–Crippen LogP) is 2.03. The molecule has 1 N–H and O–H groups in total. The Labute approximate surface area is 90.4 Å². The van der Waals surface area contributed by atoms with Crippen molar-refractivity contribution in [3.63, 3.8) is 0 Å². The highest BCUT2D eigenvalue weighted by molar-refractivity contribution is 5.51. The summed E-state index contributed by atoms with van der Waals surface area (Å²) in [6.45, 7) is 2.32. The Kier molecular flexibility index (Phi) is 3.59. The van der Waals surface area contributed by atoms with Crippen molar-refractivity contribution >= 4 is 5.69 Å². The van der Waals surface area contributed by atoms with Gasteiger partial charge in [-0.05, 0) is 12.5 Å². The molecule has 1 fully saturated rings. The van der Waals surface area contributed by atoms with E-state index in [9.17, 15) is 0 Å². The molecule has 2 rings (SSSR count). The van der Waals surface area contributed by atoms with Crippen LogP contribution in [0.25, 0.3) is 0 Å². The molecule has 0 aromatic heterocycles. The van der Waals surface area contributed by atoms with Crippen LogP contribution in [0.2, 0.25) is 0 Å². The second-order valence-electron chi connectivity index (χ2n) is 3.80. The Morgan fingerprint density at radius 3 is 3.07 bits per heavy atom. The van der Waals surface area contributed by atoms with Gasteiger partial charge in [-0.1, -0.05) is 18.2 Å². The standard InChI is InChI=1S/C12H17NO2/c1-14-8-10-4-2-3-5-12(10)13-11-6-7-15-9-11/h2-5,11,13H,6-9H2,1H3. The van der Waals surface area contributed by atoms with Gasteiger partial charge in [0.05, 0.1) is 19.3 Å². The lowest BCUT2D eigenvalue weighted by Crippen LogP contribution is -2.19. The molecule has 0 radical (unpaired) electrons. The maximum atomic E-state index is 5.34. The van der Waals surface area contributed by atoms with E-state index >= 15 is 0 Å². The van der Waals surface area contributed by atoms with E-state index in [0.29, 0.717) is 12.6 Å². The number of hydrogen-bond acceptors (Lipinski definition) is 3. The Balaban J connectivity index is 2.05. The van der Waals surface area contributed by atoms with E-state index in [1.165, 1.54) is 5.56 Å². The second kappa shape index (κ2) is 5.14. The molecular weight excluding hydrogens is 190 g/mol. The van der Waals surface area contributed by atoms with Gasteiger partial charge in [0, 0.05) is 25.0 Å². The normalized spacial score (nSPS) is 20.5. The van der Waals surface area contributed by atoms with Crippen molar-refractivity contribution in [3.05, 3.63) is 29.8 Å².